The van der Waals surface area contributed by atoms with Gasteiger partial charge in [-0.25, -0.2) is 4.79 Å². The van der Waals surface area contributed by atoms with Crippen molar-refractivity contribution in [2.24, 2.45) is 5.92 Å². The lowest BCUT2D eigenvalue weighted by Gasteiger charge is -2.17. The fourth-order valence-electron chi connectivity index (χ4n) is 1.40. The van der Waals surface area contributed by atoms with Crippen LogP contribution in [0.15, 0.2) is 10.6 Å². The number of amides is 1. The molecular weight excluding hydrogens is 224 g/mol. The number of nitrogens with zero attached hydrogens (tertiary/aromatic N) is 1. The van der Waals surface area contributed by atoms with E-state index in [1.807, 2.05) is 0 Å². The summed E-state index contributed by atoms with van der Waals surface area (Å²) in [6.45, 7) is 5.20. The van der Waals surface area contributed by atoms with Gasteiger partial charge in [0.1, 0.15) is 11.8 Å². The smallest absolute Gasteiger partial charge is 0.326 e. The van der Waals surface area contributed by atoms with Crippen molar-refractivity contribution in [2.75, 3.05) is 0 Å². The van der Waals surface area contributed by atoms with Crippen molar-refractivity contribution in [2.45, 2.75) is 33.2 Å². The minimum absolute atomic E-state index is 0.0217. The summed E-state index contributed by atoms with van der Waals surface area (Å²) in [6.07, 6.45) is 0.0217. The highest BCUT2D eigenvalue weighted by molar-refractivity contribution is 5.84. The van der Waals surface area contributed by atoms with Gasteiger partial charge in [-0.3, -0.25) is 4.79 Å². The van der Waals surface area contributed by atoms with Gasteiger partial charge in [-0.05, 0) is 12.8 Å². The first-order valence-corrected chi connectivity index (χ1v) is 5.34. The molecule has 0 unspecified atom stereocenters. The molecule has 0 aromatic carbocycles. The molecule has 0 aliphatic rings. The third-order valence-corrected chi connectivity index (χ3v) is 2.27. The molecule has 0 aliphatic carbocycles. The summed E-state index contributed by atoms with van der Waals surface area (Å²) in [7, 11) is 0. The molecule has 94 valence electrons. The fourth-order valence-corrected chi connectivity index (χ4v) is 1.40. The Kier molecular flexibility index (Phi) is 4.25. The number of carbonyl (C=O) groups excluding carboxylic acids is 1. The number of aryl methyl sites for hydroxylation is 1. The number of nitrogens with one attached hydrogen (secondary N) is 1. The highest BCUT2D eigenvalue weighted by Gasteiger charge is 2.23. The van der Waals surface area contributed by atoms with Crippen LogP contribution in [0.1, 0.15) is 25.3 Å². The molecule has 0 fully saturated rings. The van der Waals surface area contributed by atoms with Crippen LogP contribution in [0.25, 0.3) is 0 Å². The molecule has 0 saturated carbocycles. The molecule has 0 aliphatic heterocycles. The van der Waals surface area contributed by atoms with Crippen LogP contribution in [0.5, 0.6) is 0 Å². The van der Waals surface area contributed by atoms with Crippen molar-refractivity contribution in [3.05, 3.63) is 17.5 Å². The van der Waals surface area contributed by atoms with Crippen molar-refractivity contribution < 1.29 is 19.2 Å². The summed E-state index contributed by atoms with van der Waals surface area (Å²) in [5, 5.41) is 15.0. The van der Waals surface area contributed by atoms with E-state index >= 15 is 0 Å². The third-order valence-electron chi connectivity index (χ3n) is 2.27. The van der Waals surface area contributed by atoms with E-state index in [1.54, 1.807) is 26.8 Å². The van der Waals surface area contributed by atoms with Gasteiger partial charge >= 0.3 is 5.97 Å². The molecule has 1 aromatic rings. The number of aromatic nitrogens is 1. The van der Waals surface area contributed by atoms with Crippen LogP contribution < -0.4 is 5.32 Å². The molecule has 0 saturated heterocycles. The number of rotatable bonds is 5. The lowest BCUT2D eigenvalue weighted by atomic mass is 10.0. The number of carboxylic acids is 1. The summed E-state index contributed by atoms with van der Waals surface area (Å²) in [4.78, 5) is 22.5. The molecule has 2 N–H and O–H groups in total. The Morgan fingerprint density at radius 3 is 2.59 bits per heavy atom. The number of carbonyl (C=O) groups is 2. The molecule has 0 bridgehead atoms. The first-order chi connectivity index (χ1) is 7.90. The molecule has 6 heteroatoms. The monoisotopic (exact) mass is 240 g/mol. The van der Waals surface area contributed by atoms with Crippen molar-refractivity contribution in [1.82, 2.24) is 10.5 Å². The predicted molar refractivity (Wildman–Crippen MR) is 59.3 cm³/mol. The third kappa shape index (κ3) is 3.90. The molecule has 0 spiro atoms. The summed E-state index contributed by atoms with van der Waals surface area (Å²) in [5.41, 5.74) is 0.493. The van der Waals surface area contributed by atoms with Crippen LogP contribution in [0.2, 0.25) is 0 Å². The quantitative estimate of drug-likeness (QED) is 0.792. The Morgan fingerprint density at radius 2 is 2.18 bits per heavy atom. The second-order valence-electron chi connectivity index (χ2n) is 4.23. The van der Waals surface area contributed by atoms with Crippen molar-refractivity contribution >= 4 is 11.9 Å². The minimum Gasteiger partial charge on any atom is -0.480 e. The lowest BCUT2D eigenvalue weighted by Crippen LogP contribution is -2.44. The minimum atomic E-state index is -1.04. The van der Waals surface area contributed by atoms with E-state index in [9.17, 15) is 9.59 Å². The zero-order valence-electron chi connectivity index (χ0n) is 10.1. The first-order valence-electron chi connectivity index (χ1n) is 5.34. The van der Waals surface area contributed by atoms with Crippen molar-refractivity contribution in [3.63, 3.8) is 0 Å². The van der Waals surface area contributed by atoms with E-state index < -0.39 is 12.0 Å². The van der Waals surface area contributed by atoms with Gasteiger partial charge in [0, 0.05) is 6.07 Å². The lowest BCUT2D eigenvalue weighted by molar-refractivity contribution is -0.143. The van der Waals surface area contributed by atoms with Gasteiger partial charge in [-0.2, -0.15) is 0 Å². The summed E-state index contributed by atoms with van der Waals surface area (Å²) >= 11 is 0. The van der Waals surface area contributed by atoms with Crippen LogP contribution in [0, 0.1) is 12.8 Å². The van der Waals surface area contributed by atoms with E-state index in [4.69, 9.17) is 9.63 Å². The molecule has 0 radical (unpaired) electrons. The van der Waals surface area contributed by atoms with Crippen LogP contribution in [0.4, 0.5) is 0 Å². The summed E-state index contributed by atoms with van der Waals surface area (Å²) in [5.74, 6) is -0.967. The number of aliphatic carboxylic acids is 1. The molecule has 1 heterocycles. The highest BCUT2D eigenvalue weighted by Crippen LogP contribution is 2.05. The standard InChI is InChI=1S/C11H16N2O4/c1-6(2)10(11(15)16)12-9(14)5-8-4-7(3)17-13-8/h4,6,10H,5H2,1-3H3,(H,12,14)(H,15,16)/t10-/m0/s1. The normalized spacial score (nSPS) is 12.5. The average molecular weight is 240 g/mol. The maximum absolute atomic E-state index is 11.6. The second-order valence-corrected chi connectivity index (χ2v) is 4.23. The van der Waals surface area contributed by atoms with Gasteiger partial charge in [0.05, 0.1) is 12.1 Å². The topological polar surface area (TPSA) is 92.4 Å². The maximum Gasteiger partial charge on any atom is 0.326 e. The van der Waals surface area contributed by atoms with Gasteiger partial charge in [-0.1, -0.05) is 19.0 Å². The van der Waals surface area contributed by atoms with Gasteiger partial charge in [0.25, 0.3) is 0 Å². The van der Waals surface area contributed by atoms with Crippen molar-refractivity contribution in [3.8, 4) is 0 Å². The molecule has 1 amide bonds. The highest BCUT2D eigenvalue weighted by atomic mass is 16.5. The van der Waals surface area contributed by atoms with E-state index in [0.29, 0.717) is 11.5 Å². The van der Waals surface area contributed by atoms with Gasteiger partial charge in [0.15, 0.2) is 0 Å². The van der Waals surface area contributed by atoms with Gasteiger partial charge < -0.3 is 14.9 Å². The zero-order valence-corrected chi connectivity index (χ0v) is 10.1. The molecule has 17 heavy (non-hydrogen) atoms. The number of hydrogen-bond acceptors (Lipinski definition) is 4. The zero-order chi connectivity index (χ0) is 13.0. The Bertz CT molecular complexity index is 411. The van der Waals surface area contributed by atoms with E-state index in [0.717, 1.165) is 0 Å². The first kappa shape index (κ1) is 13.2. The van der Waals surface area contributed by atoms with E-state index in [1.165, 1.54) is 0 Å². The van der Waals surface area contributed by atoms with Gasteiger partial charge in [-0.15, -0.1) is 0 Å². The van der Waals surface area contributed by atoms with E-state index in [-0.39, 0.29) is 18.2 Å². The van der Waals surface area contributed by atoms with E-state index in [2.05, 4.69) is 10.5 Å². The maximum atomic E-state index is 11.6. The van der Waals surface area contributed by atoms with Crippen LogP contribution in [-0.2, 0) is 16.0 Å². The summed E-state index contributed by atoms with van der Waals surface area (Å²) < 4.78 is 4.82. The van der Waals surface area contributed by atoms with Crippen molar-refractivity contribution in [1.29, 1.82) is 0 Å². The second kappa shape index (κ2) is 5.47. The molecule has 1 atom stereocenters. The Morgan fingerprint density at radius 1 is 1.53 bits per heavy atom. The average Bonchev–Trinajstić information content (AvgIpc) is 2.59. The Hall–Kier alpha value is -1.85. The molecule has 6 nitrogen and oxygen atoms in total. The number of hydrogen-bond donors (Lipinski definition) is 2. The Balaban J connectivity index is 2.56. The van der Waals surface area contributed by atoms with Crippen LogP contribution >= 0.6 is 0 Å². The molecular formula is C11H16N2O4. The predicted octanol–water partition coefficient (Wildman–Crippen LogP) is 0.751. The SMILES string of the molecule is Cc1cc(CC(=O)N[C@H](C(=O)O)C(C)C)no1. The number of carboxylic acid groups (broad SMARTS) is 1. The largest absolute Gasteiger partial charge is 0.480 e. The van der Waals surface area contributed by atoms with Crippen LogP contribution in [0.3, 0.4) is 0 Å². The molecule has 1 rings (SSSR count). The molecule has 1 aromatic heterocycles. The Labute approximate surface area is 99.0 Å². The summed E-state index contributed by atoms with van der Waals surface area (Å²) in [6, 6.07) is 0.764. The van der Waals surface area contributed by atoms with Gasteiger partial charge in [0.2, 0.25) is 5.91 Å². The van der Waals surface area contributed by atoms with Crippen LogP contribution in [-0.4, -0.2) is 28.2 Å². The fraction of sp³-hybridized carbons (Fsp3) is 0.545.